The van der Waals surface area contributed by atoms with Crippen LogP contribution < -0.4 is 5.73 Å². The minimum atomic E-state index is -0.732. The molecule has 0 aromatic carbocycles. The monoisotopic (exact) mass is 246 g/mol. The molecular formula is C12H24NO4+. The van der Waals surface area contributed by atoms with Gasteiger partial charge < -0.3 is 15.2 Å². The highest BCUT2D eigenvalue weighted by atomic mass is 16.6. The standard InChI is InChI=1S/C12H23NO4/c1-11(2,3)16-9(14)7-8(13)10(15)17-12(4,5)6/h8H,7,13H2,1-6H3/p+1. The number of esters is 2. The van der Waals surface area contributed by atoms with Crippen LogP contribution in [0.3, 0.4) is 0 Å². The quantitative estimate of drug-likeness (QED) is 0.742. The average Bonchev–Trinajstić information content (AvgIpc) is 1.95. The van der Waals surface area contributed by atoms with Gasteiger partial charge in [0.25, 0.3) is 0 Å². The molecule has 0 spiro atoms. The molecule has 0 aromatic rings. The molecule has 0 fully saturated rings. The molecule has 0 aliphatic rings. The summed E-state index contributed by atoms with van der Waals surface area (Å²) in [5.74, 6) is -0.924. The predicted octanol–water partition coefficient (Wildman–Crippen LogP) is 0.670. The summed E-state index contributed by atoms with van der Waals surface area (Å²) in [6, 6.07) is -0.732. The van der Waals surface area contributed by atoms with Crippen molar-refractivity contribution in [1.82, 2.24) is 0 Å². The Morgan fingerprint density at radius 2 is 1.41 bits per heavy atom. The zero-order valence-electron chi connectivity index (χ0n) is 11.6. The van der Waals surface area contributed by atoms with E-state index in [1.54, 1.807) is 41.5 Å². The predicted molar refractivity (Wildman–Crippen MR) is 63.0 cm³/mol. The molecule has 0 rings (SSSR count). The van der Waals surface area contributed by atoms with Crippen LogP contribution in [-0.4, -0.2) is 29.2 Å². The van der Waals surface area contributed by atoms with Gasteiger partial charge in [-0.25, -0.2) is 4.79 Å². The van der Waals surface area contributed by atoms with E-state index in [2.05, 4.69) is 5.73 Å². The Hall–Kier alpha value is -1.10. The van der Waals surface area contributed by atoms with Gasteiger partial charge in [-0.15, -0.1) is 0 Å². The highest BCUT2D eigenvalue weighted by molar-refractivity contribution is 5.81. The first-order valence-corrected chi connectivity index (χ1v) is 5.68. The third kappa shape index (κ3) is 8.68. The van der Waals surface area contributed by atoms with Gasteiger partial charge >= 0.3 is 11.9 Å². The SMILES string of the molecule is CC(C)(C)OC(=O)CC([NH3+])C(=O)OC(C)(C)C. The molecular weight excluding hydrogens is 222 g/mol. The minimum absolute atomic E-state index is 0.0633. The molecule has 0 aliphatic carbocycles. The van der Waals surface area contributed by atoms with Crippen molar-refractivity contribution in [2.75, 3.05) is 0 Å². The van der Waals surface area contributed by atoms with Crippen molar-refractivity contribution in [3.05, 3.63) is 0 Å². The molecule has 0 aliphatic heterocycles. The summed E-state index contributed by atoms with van der Waals surface area (Å²) >= 11 is 0. The van der Waals surface area contributed by atoms with Crippen molar-refractivity contribution in [1.29, 1.82) is 0 Å². The molecule has 1 atom stereocenters. The second kappa shape index (κ2) is 5.49. The highest BCUT2D eigenvalue weighted by Gasteiger charge is 2.29. The second-order valence-electron chi connectivity index (χ2n) is 6.02. The van der Waals surface area contributed by atoms with Gasteiger partial charge in [-0.3, -0.25) is 4.79 Å². The number of rotatable bonds is 3. The number of quaternary nitrogens is 1. The summed E-state index contributed by atoms with van der Waals surface area (Å²) in [5, 5.41) is 0. The zero-order valence-corrected chi connectivity index (χ0v) is 11.6. The molecule has 5 nitrogen and oxygen atoms in total. The largest absolute Gasteiger partial charge is 0.460 e. The Balaban J connectivity index is 4.22. The third-order valence-electron chi connectivity index (χ3n) is 1.57. The first-order valence-electron chi connectivity index (χ1n) is 5.68. The van der Waals surface area contributed by atoms with Gasteiger partial charge in [-0.05, 0) is 41.5 Å². The summed E-state index contributed by atoms with van der Waals surface area (Å²) in [6.45, 7) is 10.6. The topological polar surface area (TPSA) is 80.2 Å². The van der Waals surface area contributed by atoms with Crippen LogP contribution in [0.25, 0.3) is 0 Å². The Morgan fingerprint density at radius 1 is 1.00 bits per heavy atom. The minimum Gasteiger partial charge on any atom is -0.460 e. The molecule has 0 saturated carbocycles. The van der Waals surface area contributed by atoms with Crippen molar-refractivity contribution in [3.63, 3.8) is 0 Å². The van der Waals surface area contributed by atoms with E-state index in [0.717, 1.165) is 0 Å². The Morgan fingerprint density at radius 3 is 1.76 bits per heavy atom. The fourth-order valence-electron chi connectivity index (χ4n) is 1.05. The van der Waals surface area contributed by atoms with E-state index in [-0.39, 0.29) is 6.42 Å². The van der Waals surface area contributed by atoms with E-state index in [9.17, 15) is 9.59 Å². The summed E-state index contributed by atoms with van der Waals surface area (Å²) in [6.07, 6.45) is -0.0633. The van der Waals surface area contributed by atoms with E-state index < -0.39 is 29.2 Å². The molecule has 100 valence electrons. The van der Waals surface area contributed by atoms with Gasteiger partial charge in [0, 0.05) is 0 Å². The normalized spacial score (nSPS) is 14.1. The Bertz CT molecular complexity index is 286. The van der Waals surface area contributed by atoms with E-state index in [1.807, 2.05) is 0 Å². The van der Waals surface area contributed by atoms with Crippen molar-refractivity contribution >= 4 is 11.9 Å². The van der Waals surface area contributed by atoms with Crippen LogP contribution in [0.15, 0.2) is 0 Å². The van der Waals surface area contributed by atoms with Crippen LogP contribution in [0, 0.1) is 0 Å². The fraction of sp³-hybridized carbons (Fsp3) is 0.833. The molecule has 0 saturated heterocycles. The fourth-order valence-corrected chi connectivity index (χ4v) is 1.05. The van der Waals surface area contributed by atoms with Crippen LogP contribution >= 0.6 is 0 Å². The van der Waals surface area contributed by atoms with Gasteiger partial charge in [0.15, 0.2) is 6.04 Å². The third-order valence-corrected chi connectivity index (χ3v) is 1.57. The van der Waals surface area contributed by atoms with Crippen LogP contribution in [0.1, 0.15) is 48.0 Å². The number of hydrogen-bond donors (Lipinski definition) is 1. The zero-order chi connectivity index (χ0) is 13.9. The Labute approximate surface area is 103 Å². The number of ether oxygens (including phenoxy) is 2. The maximum absolute atomic E-state index is 11.6. The van der Waals surface area contributed by atoms with E-state index in [1.165, 1.54) is 0 Å². The van der Waals surface area contributed by atoms with E-state index in [0.29, 0.717) is 0 Å². The van der Waals surface area contributed by atoms with Crippen molar-refractivity contribution in [3.8, 4) is 0 Å². The summed E-state index contributed by atoms with van der Waals surface area (Å²) < 4.78 is 10.2. The maximum atomic E-state index is 11.6. The highest BCUT2D eigenvalue weighted by Crippen LogP contribution is 2.11. The molecule has 0 radical (unpaired) electrons. The molecule has 5 heteroatoms. The number of carbonyl (C=O) groups excluding carboxylic acids is 2. The smallest absolute Gasteiger partial charge is 0.365 e. The van der Waals surface area contributed by atoms with Gasteiger partial charge in [0.2, 0.25) is 0 Å². The van der Waals surface area contributed by atoms with Gasteiger partial charge in [0.05, 0.1) is 0 Å². The molecule has 0 heterocycles. The van der Waals surface area contributed by atoms with Crippen LogP contribution in [-0.2, 0) is 19.1 Å². The van der Waals surface area contributed by atoms with Crippen LogP contribution in [0.4, 0.5) is 0 Å². The van der Waals surface area contributed by atoms with Crippen molar-refractivity contribution in [2.45, 2.75) is 65.2 Å². The molecule has 0 amide bonds. The van der Waals surface area contributed by atoms with Gasteiger partial charge in [0.1, 0.15) is 17.6 Å². The summed E-state index contributed by atoms with van der Waals surface area (Å²) in [4.78, 5) is 23.0. The number of carbonyl (C=O) groups is 2. The van der Waals surface area contributed by atoms with Crippen LogP contribution in [0.2, 0.25) is 0 Å². The van der Waals surface area contributed by atoms with E-state index >= 15 is 0 Å². The van der Waals surface area contributed by atoms with Gasteiger partial charge in [-0.1, -0.05) is 0 Å². The Kier molecular flexibility index (Phi) is 5.13. The lowest BCUT2D eigenvalue weighted by atomic mass is 10.1. The number of hydrogen-bond acceptors (Lipinski definition) is 4. The first kappa shape index (κ1) is 15.9. The molecule has 1 unspecified atom stereocenters. The first-order chi connectivity index (χ1) is 7.41. The van der Waals surface area contributed by atoms with Gasteiger partial charge in [-0.2, -0.15) is 0 Å². The second-order valence-corrected chi connectivity index (χ2v) is 6.02. The lowest BCUT2D eigenvalue weighted by molar-refractivity contribution is -0.409. The summed E-state index contributed by atoms with van der Waals surface area (Å²) in [5.41, 5.74) is 2.50. The van der Waals surface area contributed by atoms with Crippen molar-refractivity contribution < 1.29 is 24.8 Å². The molecule has 3 N–H and O–H groups in total. The maximum Gasteiger partial charge on any atom is 0.365 e. The molecule has 0 bridgehead atoms. The molecule has 0 aromatic heterocycles. The summed E-state index contributed by atoms with van der Waals surface area (Å²) in [7, 11) is 0. The van der Waals surface area contributed by atoms with Crippen molar-refractivity contribution in [2.24, 2.45) is 0 Å². The average molecular weight is 246 g/mol. The van der Waals surface area contributed by atoms with Crippen LogP contribution in [0.5, 0.6) is 0 Å². The lowest BCUT2D eigenvalue weighted by Crippen LogP contribution is -2.66. The van der Waals surface area contributed by atoms with E-state index in [4.69, 9.17) is 9.47 Å². The lowest BCUT2D eigenvalue weighted by Gasteiger charge is -2.22. The molecule has 17 heavy (non-hydrogen) atoms.